The summed E-state index contributed by atoms with van der Waals surface area (Å²) in [4.78, 5) is 0. The molecule has 5 fully saturated rings. The maximum Gasteiger partial charge on any atom is 0.0547 e. The molecule has 12 unspecified atom stereocenters. The molecule has 0 saturated heterocycles. The molecule has 196 valence electrons. The Kier molecular flexibility index (Phi) is 7.47. The highest BCUT2D eigenvalue weighted by atomic mass is 28.3. The third kappa shape index (κ3) is 4.13. The Labute approximate surface area is 215 Å². The maximum atomic E-state index is 2.90. The van der Waals surface area contributed by atoms with Crippen LogP contribution in [0.15, 0.2) is 0 Å². The quantitative estimate of drug-likeness (QED) is 0.348. The first-order valence-electron chi connectivity index (χ1n) is 16.1. The summed E-state index contributed by atoms with van der Waals surface area (Å²) in [6.45, 7) is 21.5. The van der Waals surface area contributed by atoms with Crippen molar-refractivity contribution in [3.05, 3.63) is 0 Å². The van der Waals surface area contributed by atoms with Crippen LogP contribution in [0, 0.1) is 71.0 Å². The van der Waals surface area contributed by atoms with E-state index in [9.17, 15) is 0 Å². The van der Waals surface area contributed by atoms with Gasteiger partial charge in [-0.25, -0.2) is 0 Å². The number of hydrogen-bond donors (Lipinski definition) is 0. The summed E-state index contributed by atoms with van der Waals surface area (Å²) in [6.07, 6.45) is 17.3. The summed E-state index contributed by atoms with van der Waals surface area (Å²) >= 11 is 0. The van der Waals surface area contributed by atoms with Crippen LogP contribution in [-0.4, -0.2) is 8.07 Å². The van der Waals surface area contributed by atoms with Crippen molar-refractivity contribution >= 4 is 8.07 Å². The molecule has 0 aromatic heterocycles. The SMILES string of the molecule is CC(C)C1CC2C(C3CCCC4CCCCC43)CCCC2C1[Si](C)(C)C1C(C)C(C)C(C)C1C. The van der Waals surface area contributed by atoms with Gasteiger partial charge < -0.3 is 0 Å². The second-order valence-corrected chi connectivity index (χ2v) is 20.7. The average Bonchev–Trinajstić information content (AvgIpc) is 3.31. The van der Waals surface area contributed by atoms with Crippen LogP contribution in [0.3, 0.4) is 0 Å². The first-order valence-corrected chi connectivity index (χ1v) is 19.3. The fourth-order valence-corrected chi connectivity index (χ4v) is 19.3. The predicted octanol–water partition coefficient (Wildman–Crippen LogP) is 10.3. The van der Waals surface area contributed by atoms with Gasteiger partial charge in [0.15, 0.2) is 0 Å². The highest BCUT2D eigenvalue weighted by Gasteiger charge is 2.60. The van der Waals surface area contributed by atoms with E-state index >= 15 is 0 Å². The minimum atomic E-state index is -1.39. The zero-order chi connectivity index (χ0) is 24.4. The fourth-order valence-electron chi connectivity index (χ4n) is 12.4. The number of fused-ring (bicyclic) bond motifs is 2. The van der Waals surface area contributed by atoms with Crippen LogP contribution in [-0.2, 0) is 0 Å². The molecule has 5 aliphatic rings. The Bertz CT molecular complexity index is 679. The summed E-state index contributed by atoms with van der Waals surface area (Å²) in [6, 6.07) is 0. The lowest BCUT2D eigenvalue weighted by atomic mass is 9.57. The second kappa shape index (κ2) is 9.83. The molecule has 5 aliphatic carbocycles. The molecular weight excluding hydrogens is 424 g/mol. The first-order chi connectivity index (χ1) is 16.1. The third-order valence-corrected chi connectivity index (χ3v) is 19.4. The highest BCUT2D eigenvalue weighted by Crippen LogP contribution is 2.67. The largest absolute Gasteiger partial charge is 0.0689 e. The van der Waals surface area contributed by atoms with Crippen LogP contribution < -0.4 is 0 Å². The predicted molar refractivity (Wildman–Crippen MR) is 152 cm³/mol. The van der Waals surface area contributed by atoms with Crippen LogP contribution in [0.4, 0.5) is 0 Å². The Morgan fingerprint density at radius 3 is 1.68 bits per heavy atom. The molecule has 34 heavy (non-hydrogen) atoms. The van der Waals surface area contributed by atoms with E-state index in [1.807, 2.05) is 0 Å². The van der Waals surface area contributed by atoms with Crippen LogP contribution in [0.25, 0.3) is 0 Å². The van der Waals surface area contributed by atoms with Gasteiger partial charge >= 0.3 is 0 Å². The zero-order valence-corrected chi connectivity index (χ0v) is 25.4. The summed E-state index contributed by atoms with van der Waals surface area (Å²) in [5.41, 5.74) is 2.14. The van der Waals surface area contributed by atoms with Gasteiger partial charge in [0.1, 0.15) is 0 Å². The van der Waals surface area contributed by atoms with Crippen molar-refractivity contribution in [2.24, 2.45) is 71.0 Å². The molecule has 0 aliphatic heterocycles. The van der Waals surface area contributed by atoms with E-state index in [0.717, 1.165) is 82.1 Å². The molecule has 0 amide bonds. The summed E-state index contributed by atoms with van der Waals surface area (Å²) in [5.74, 6) is 12.2. The van der Waals surface area contributed by atoms with E-state index < -0.39 is 8.07 Å². The van der Waals surface area contributed by atoms with Crippen molar-refractivity contribution in [3.63, 3.8) is 0 Å². The summed E-state index contributed by atoms with van der Waals surface area (Å²) < 4.78 is 0. The minimum absolute atomic E-state index is 0.888. The zero-order valence-electron chi connectivity index (χ0n) is 24.4. The van der Waals surface area contributed by atoms with Crippen LogP contribution >= 0.6 is 0 Å². The van der Waals surface area contributed by atoms with E-state index in [1.165, 1.54) is 6.42 Å². The van der Waals surface area contributed by atoms with E-state index in [2.05, 4.69) is 54.6 Å². The average molecular weight is 485 g/mol. The van der Waals surface area contributed by atoms with Crippen LogP contribution in [0.1, 0.15) is 112 Å². The molecule has 0 bridgehead atoms. The monoisotopic (exact) mass is 484 g/mol. The van der Waals surface area contributed by atoms with Gasteiger partial charge in [-0.15, -0.1) is 0 Å². The third-order valence-electron chi connectivity index (χ3n) is 14.0. The Morgan fingerprint density at radius 1 is 0.529 bits per heavy atom. The molecule has 0 aromatic rings. The molecule has 0 heterocycles. The Hall–Kier alpha value is 0.217. The standard InChI is InChI=1S/C33H60Si/c1-20(2)30-19-31-28(27-16-11-14-25-13-9-10-15-26(25)27)17-12-18-29(31)33(30)34(7,8)32-23(5)21(3)22(4)24(32)6/h20-33H,9-19H2,1-8H3. The van der Waals surface area contributed by atoms with E-state index in [4.69, 9.17) is 0 Å². The lowest BCUT2D eigenvalue weighted by Gasteiger charge is -2.51. The van der Waals surface area contributed by atoms with Gasteiger partial charge in [-0.05, 0) is 108 Å². The highest BCUT2D eigenvalue weighted by molar-refractivity contribution is 6.80. The lowest BCUT2D eigenvalue weighted by Crippen LogP contribution is -2.48. The number of hydrogen-bond acceptors (Lipinski definition) is 0. The smallest absolute Gasteiger partial charge is 0.0547 e. The molecule has 1 heteroatoms. The van der Waals surface area contributed by atoms with Crippen molar-refractivity contribution in [1.82, 2.24) is 0 Å². The van der Waals surface area contributed by atoms with E-state index in [1.54, 1.807) is 64.2 Å². The normalized spacial score (nSPS) is 52.0. The Morgan fingerprint density at radius 2 is 1.03 bits per heavy atom. The topological polar surface area (TPSA) is 0 Å². The number of rotatable bonds is 4. The molecule has 0 nitrogen and oxygen atoms in total. The van der Waals surface area contributed by atoms with Gasteiger partial charge in [-0.2, -0.15) is 0 Å². The van der Waals surface area contributed by atoms with Crippen LogP contribution in [0.5, 0.6) is 0 Å². The first kappa shape index (κ1) is 25.8. The van der Waals surface area contributed by atoms with Crippen molar-refractivity contribution in [1.29, 1.82) is 0 Å². The maximum absolute atomic E-state index is 2.90. The molecule has 12 atom stereocenters. The van der Waals surface area contributed by atoms with Crippen molar-refractivity contribution in [2.45, 2.75) is 136 Å². The van der Waals surface area contributed by atoms with Crippen molar-refractivity contribution in [2.75, 3.05) is 0 Å². The van der Waals surface area contributed by atoms with Gasteiger partial charge in [0.05, 0.1) is 8.07 Å². The molecule has 5 saturated carbocycles. The minimum Gasteiger partial charge on any atom is -0.0689 e. The van der Waals surface area contributed by atoms with Gasteiger partial charge in [0.2, 0.25) is 0 Å². The summed E-state index contributed by atoms with van der Waals surface area (Å²) in [7, 11) is -1.39. The molecule has 0 N–H and O–H groups in total. The molecule has 0 aromatic carbocycles. The van der Waals surface area contributed by atoms with Crippen molar-refractivity contribution in [3.8, 4) is 0 Å². The molecular formula is C33H60Si. The summed E-state index contributed by atoms with van der Waals surface area (Å²) in [5, 5.41) is 0. The lowest BCUT2D eigenvalue weighted by molar-refractivity contribution is 0.0124. The second-order valence-electron chi connectivity index (χ2n) is 15.7. The van der Waals surface area contributed by atoms with Gasteiger partial charge in [-0.3, -0.25) is 0 Å². The Balaban J connectivity index is 1.44. The fraction of sp³-hybridized carbons (Fsp3) is 1.00. The van der Waals surface area contributed by atoms with Gasteiger partial charge in [0.25, 0.3) is 0 Å². The molecule has 0 spiro atoms. The molecule has 5 rings (SSSR count). The molecule has 0 radical (unpaired) electrons. The van der Waals surface area contributed by atoms with Crippen molar-refractivity contribution < 1.29 is 0 Å². The van der Waals surface area contributed by atoms with E-state index in [-0.39, 0.29) is 0 Å². The van der Waals surface area contributed by atoms with Gasteiger partial charge in [-0.1, -0.05) is 99.6 Å². The van der Waals surface area contributed by atoms with Crippen LogP contribution in [0.2, 0.25) is 24.2 Å². The van der Waals surface area contributed by atoms with E-state index in [0.29, 0.717) is 0 Å². The van der Waals surface area contributed by atoms with Gasteiger partial charge in [0, 0.05) is 0 Å².